The number of carbonyl (C=O) groups excluding carboxylic acids is 1. The molecule has 0 bridgehead atoms. The zero-order valence-corrected chi connectivity index (χ0v) is 13.9. The number of hydrogen-bond donors (Lipinski definition) is 1. The number of sulfonamides is 1. The molecule has 1 aromatic carbocycles. The van der Waals surface area contributed by atoms with Gasteiger partial charge in [0, 0.05) is 19.5 Å². The maximum atomic E-state index is 11.9. The lowest BCUT2D eigenvalue weighted by Crippen LogP contribution is -2.35. The largest absolute Gasteiger partial charge is 0.356 e. The maximum Gasteiger partial charge on any atom is 0.232 e. The van der Waals surface area contributed by atoms with Crippen molar-refractivity contribution < 1.29 is 13.2 Å². The smallest absolute Gasteiger partial charge is 0.232 e. The molecule has 1 amide bonds. The van der Waals surface area contributed by atoms with Crippen molar-refractivity contribution in [1.29, 1.82) is 0 Å². The van der Waals surface area contributed by atoms with E-state index in [-0.39, 0.29) is 18.9 Å². The number of hydrogen-bond acceptors (Lipinski definition) is 3. The number of nitrogens with zero attached hydrogens (tertiary/aromatic N) is 1. The summed E-state index contributed by atoms with van der Waals surface area (Å²) in [6.45, 7) is 6.70. The Kier molecular flexibility index (Phi) is 6.20. The highest BCUT2D eigenvalue weighted by Crippen LogP contribution is 2.18. The number of benzene rings is 1. The van der Waals surface area contributed by atoms with Crippen LogP contribution in [-0.4, -0.2) is 33.7 Å². The van der Waals surface area contributed by atoms with Gasteiger partial charge in [-0.05, 0) is 25.0 Å². The van der Waals surface area contributed by atoms with Gasteiger partial charge in [-0.15, -0.1) is 0 Å². The van der Waals surface area contributed by atoms with E-state index in [1.807, 2.05) is 32.9 Å². The van der Waals surface area contributed by atoms with E-state index in [0.717, 1.165) is 11.8 Å². The minimum absolute atomic E-state index is 0.135. The van der Waals surface area contributed by atoms with E-state index >= 15 is 0 Å². The molecule has 0 atom stereocenters. The summed E-state index contributed by atoms with van der Waals surface area (Å²) in [4.78, 5) is 11.7. The van der Waals surface area contributed by atoms with Gasteiger partial charge < -0.3 is 5.32 Å². The van der Waals surface area contributed by atoms with E-state index in [4.69, 9.17) is 0 Å². The lowest BCUT2D eigenvalue weighted by Gasteiger charge is -2.22. The highest BCUT2D eigenvalue weighted by Gasteiger charge is 2.18. The molecule has 0 saturated heterocycles. The Morgan fingerprint density at radius 3 is 2.29 bits per heavy atom. The van der Waals surface area contributed by atoms with Crippen molar-refractivity contribution in [2.45, 2.75) is 27.2 Å². The Morgan fingerprint density at radius 2 is 1.81 bits per heavy atom. The van der Waals surface area contributed by atoms with Gasteiger partial charge in [-0.3, -0.25) is 9.10 Å². The third-order valence-electron chi connectivity index (χ3n) is 2.97. The van der Waals surface area contributed by atoms with E-state index in [0.29, 0.717) is 18.2 Å². The quantitative estimate of drug-likeness (QED) is 0.836. The molecular weight excluding hydrogens is 288 g/mol. The molecule has 0 heterocycles. The molecule has 118 valence electrons. The first-order valence-electron chi connectivity index (χ1n) is 7.01. The van der Waals surface area contributed by atoms with Gasteiger partial charge in [-0.1, -0.05) is 31.5 Å². The van der Waals surface area contributed by atoms with E-state index in [2.05, 4.69) is 5.32 Å². The van der Waals surface area contributed by atoms with Crippen LogP contribution in [0.4, 0.5) is 5.69 Å². The first-order valence-corrected chi connectivity index (χ1v) is 8.86. The predicted octanol–water partition coefficient (Wildman–Crippen LogP) is 1.92. The number of nitrogens with one attached hydrogen (secondary N) is 1. The number of aryl methyl sites for hydroxylation is 1. The predicted molar refractivity (Wildman–Crippen MR) is 85.8 cm³/mol. The van der Waals surface area contributed by atoms with Crippen LogP contribution in [0.1, 0.15) is 25.8 Å². The van der Waals surface area contributed by atoms with Gasteiger partial charge in [-0.25, -0.2) is 8.42 Å². The first-order chi connectivity index (χ1) is 9.70. The zero-order chi connectivity index (χ0) is 16.0. The van der Waals surface area contributed by atoms with Crippen molar-refractivity contribution in [3.8, 4) is 0 Å². The minimum atomic E-state index is -3.40. The molecule has 0 aliphatic carbocycles. The molecule has 0 aliphatic heterocycles. The Morgan fingerprint density at radius 1 is 1.24 bits per heavy atom. The highest BCUT2D eigenvalue weighted by atomic mass is 32.2. The third-order valence-corrected chi connectivity index (χ3v) is 4.17. The molecule has 5 nitrogen and oxygen atoms in total. The summed E-state index contributed by atoms with van der Waals surface area (Å²) in [7, 11) is -3.40. The average molecular weight is 312 g/mol. The Labute approximate surface area is 127 Å². The molecule has 0 radical (unpaired) electrons. The highest BCUT2D eigenvalue weighted by molar-refractivity contribution is 7.92. The SMILES string of the molecule is Cc1ccc(N(CCC(=O)NCC(C)C)S(C)(=O)=O)cc1. The van der Waals surface area contributed by atoms with Crippen LogP contribution in [0.3, 0.4) is 0 Å². The monoisotopic (exact) mass is 312 g/mol. The first kappa shape index (κ1) is 17.5. The normalized spacial score (nSPS) is 11.5. The fourth-order valence-electron chi connectivity index (χ4n) is 1.81. The molecule has 6 heteroatoms. The van der Waals surface area contributed by atoms with Crippen LogP contribution in [0.5, 0.6) is 0 Å². The van der Waals surface area contributed by atoms with Crippen molar-refractivity contribution in [3.05, 3.63) is 29.8 Å². The van der Waals surface area contributed by atoms with Crippen molar-refractivity contribution in [2.75, 3.05) is 23.7 Å². The number of carbonyl (C=O) groups is 1. The van der Waals surface area contributed by atoms with Gasteiger partial charge in [0.05, 0.1) is 11.9 Å². The number of amides is 1. The molecular formula is C15H24N2O3S. The topological polar surface area (TPSA) is 66.5 Å². The van der Waals surface area contributed by atoms with Gasteiger partial charge in [0.2, 0.25) is 15.9 Å². The molecule has 0 saturated carbocycles. The summed E-state index contributed by atoms with van der Waals surface area (Å²) in [5, 5.41) is 2.79. The Balaban J connectivity index is 2.73. The van der Waals surface area contributed by atoms with Crippen LogP contribution >= 0.6 is 0 Å². The molecule has 0 aliphatic rings. The summed E-state index contributed by atoms with van der Waals surface area (Å²) in [6.07, 6.45) is 1.30. The van der Waals surface area contributed by atoms with Gasteiger partial charge in [-0.2, -0.15) is 0 Å². The number of rotatable bonds is 7. The molecule has 1 rings (SSSR count). The number of anilines is 1. The van der Waals surface area contributed by atoms with Gasteiger partial charge in [0.1, 0.15) is 0 Å². The van der Waals surface area contributed by atoms with Crippen LogP contribution in [0.2, 0.25) is 0 Å². The molecule has 0 fully saturated rings. The van der Waals surface area contributed by atoms with E-state index in [9.17, 15) is 13.2 Å². The van der Waals surface area contributed by atoms with Crippen LogP contribution in [0.25, 0.3) is 0 Å². The molecule has 1 aromatic rings. The minimum Gasteiger partial charge on any atom is -0.356 e. The summed E-state index contributed by atoms with van der Waals surface area (Å²) in [6, 6.07) is 7.21. The summed E-state index contributed by atoms with van der Waals surface area (Å²) >= 11 is 0. The molecule has 0 unspecified atom stereocenters. The van der Waals surface area contributed by atoms with Crippen molar-refractivity contribution in [2.24, 2.45) is 5.92 Å². The van der Waals surface area contributed by atoms with E-state index < -0.39 is 10.0 Å². The lowest BCUT2D eigenvalue weighted by molar-refractivity contribution is -0.121. The fourth-order valence-corrected chi connectivity index (χ4v) is 2.73. The van der Waals surface area contributed by atoms with Gasteiger partial charge in [0.25, 0.3) is 0 Å². The zero-order valence-electron chi connectivity index (χ0n) is 13.1. The molecule has 1 N–H and O–H groups in total. The van der Waals surface area contributed by atoms with Gasteiger partial charge >= 0.3 is 0 Å². The van der Waals surface area contributed by atoms with Crippen LogP contribution in [0.15, 0.2) is 24.3 Å². The van der Waals surface area contributed by atoms with E-state index in [1.165, 1.54) is 4.31 Å². The van der Waals surface area contributed by atoms with Gasteiger partial charge in [0.15, 0.2) is 0 Å². The van der Waals surface area contributed by atoms with Crippen LogP contribution in [0, 0.1) is 12.8 Å². The van der Waals surface area contributed by atoms with Crippen molar-refractivity contribution in [3.63, 3.8) is 0 Å². The second-order valence-corrected chi connectivity index (χ2v) is 7.53. The summed E-state index contributed by atoms with van der Waals surface area (Å²) < 4.78 is 25.0. The summed E-state index contributed by atoms with van der Waals surface area (Å²) in [5.74, 6) is 0.238. The standard InChI is InChI=1S/C15H24N2O3S/c1-12(2)11-16-15(18)9-10-17(21(4,19)20)14-7-5-13(3)6-8-14/h5-8,12H,9-11H2,1-4H3,(H,16,18). The second-order valence-electron chi connectivity index (χ2n) is 5.62. The Bertz CT molecular complexity index is 565. The van der Waals surface area contributed by atoms with Crippen molar-refractivity contribution in [1.82, 2.24) is 5.32 Å². The molecule has 0 aromatic heterocycles. The van der Waals surface area contributed by atoms with Crippen molar-refractivity contribution >= 4 is 21.6 Å². The maximum absolute atomic E-state index is 11.9. The lowest BCUT2D eigenvalue weighted by atomic mass is 10.2. The molecule has 0 spiro atoms. The average Bonchev–Trinajstić information content (AvgIpc) is 2.37. The van der Waals surface area contributed by atoms with E-state index in [1.54, 1.807) is 12.1 Å². The third kappa shape index (κ3) is 6.16. The Hall–Kier alpha value is -1.56. The fraction of sp³-hybridized carbons (Fsp3) is 0.533. The van der Waals surface area contributed by atoms with Crippen LogP contribution < -0.4 is 9.62 Å². The summed E-state index contributed by atoms with van der Waals surface area (Å²) in [5.41, 5.74) is 1.64. The second kappa shape index (κ2) is 7.45. The molecule has 21 heavy (non-hydrogen) atoms. The van der Waals surface area contributed by atoms with Crippen LogP contribution in [-0.2, 0) is 14.8 Å².